The highest BCUT2D eigenvalue weighted by molar-refractivity contribution is 5.95. The predicted octanol–water partition coefficient (Wildman–Crippen LogP) is 2.57. The first-order valence-electron chi connectivity index (χ1n) is 8.63. The van der Waals surface area contributed by atoms with Gasteiger partial charge < -0.3 is 24.5 Å². The van der Waals surface area contributed by atoms with Crippen LogP contribution >= 0.6 is 0 Å². The molecule has 1 aliphatic rings. The van der Waals surface area contributed by atoms with Crippen molar-refractivity contribution < 1.29 is 34.1 Å². The molecule has 0 radical (unpaired) electrons. The summed E-state index contributed by atoms with van der Waals surface area (Å²) in [7, 11) is 0. The number of aliphatic hydroxyl groups excluding tert-OH is 1. The van der Waals surface area contributed by atoms with Crippen LogP contribution in [0.1, 0.15) is 25.0 Å². The standard InChI is InChI=1S/C16H19NO2.C3H4O5/c1-3-7-14(8-4-1)18-16-10-9-15(19-16)13-17-11-5-2-6-12-17;4-1(2(5)6)3(7)8/h1,3-4,7-10H,2,5-6,11-13H2;1,4H,(H,5,6)(H,7,8). The van der Waals surface area contributed by atoms with Crippen LogP contribution in [0.3, 0.4) is 0 Å². The zero-order valence-electron chi connectivity index (χ0n) is 14.8. The number of hydrogen-bond donors (Lipinski definition) is 3. The highest BCUT2D eigenvalue weighted by Gasteiger charge is 2.20. The molecule has 0 aliphatic carbocycles. The van der Waals surface area contributed by atoms with Crippen LogP contribution in [-0.4, -0.2) is 51.4 Å². The summed E-state index contributed by atoms with van der Waals surface area (Å²) in [6.45, 7) is 3.24. The second-order valence-corrected chi connectivity index (χ2v) is 6.05. The molecule has 1 aromatic heterocycles. The first-order chi connectivity index (χ1) is 13.0. The normalized spacial score (nSPS) is 14.3. The number of likely N-dealkylation sites (tertiary alicyclic amines) is 1. The number of carboxylic acids is 2. The lowest BCUT2D eigenvalue weighted by Gasteiger charge is -2.25. The molecule has 0 amide bonds. The van der Waals surface area contributed by atoms with Crippen LogP contribution in [0.2, 0.25) is 0 Å². The lowest BCUT2D eigenvalue weighted by molar-refractivity contribution is -0.161. The van der Waals surface area contributed by atoms with Crippen LogP contribution in [0.25, 0.3) is 0 Å². The van der Waals surface area contributed by atoms with Crippen molar-refractivity contribution in [3.05, 3.63) is 48.2 Å². The molecule has 1 aromatic carbocycles. The molecule has 8 heteroatoms. The lowest BCUT2D eigenvalue weighted by atomic mass is 10.1. The Bertz CT molecular complexity index is 709. The van der Waals surface area contributed by atoms with Crippen LogP contribution in [-0.2, 0) is 16.1 Å². The van der Waals surface area contributed by atoms with E-state index in [1.807, 2.05) is 42.5 Å². The van der Waals surface area contributed by atoms with E-state index < -0.39 is 18.0 Å². The van der Waals surface area contributed by atoms with Crippen molar-refractivity contribution in [2.75, 3.05) is 13.1 Å². The number of furan rings is 1. The number of aliphatic hydroxyl groups is 1. The van der Waals surface area contributed by atoms with Gasteiger partial charge in [-0.15, -0.1) is 0 Å². The molecular formula is C19H23NO7. The second-order valence-electron chi connectivity index (χ2n) is 6.05. The van der Waals surface area contributed by atoms with E-state index in [0.29, 0.717) is 5.95 Å². The van der Waals surface area contributed by atoms with Crippen molar-refractivity contribution in [1.29, 1.82) is 0 Å². The number of nitrogens with zero attached hydrogens (tertiary/aromatic N) is 1. The number of carbonyl (C=O) groups is 2. The van der Waals surface area contributed by atoms with Crippen LogP contribution in [0.4, 0.5) is 0 Å². The molecule has 1 aliphatic heterocycles. The van der Waals surface area contributed by atoms with Crippen LogP contribution in [0.15, 0.2) is 46.9 Å². The SMILES string of the molecule is O=C(O)C(O)C(=O)O.c1ccc(Oc2ccc(CN3CCCCC3)o2)cc1. The number of para-hydroxylation sites is 1. The first kappa shape index (κ1) is 20.5. The number of piperidine rings is 1. The molecule has 2 heterocycles. The minimum atomic E-state index is -2.30. The molecule has 2 aromatic rings. The highest BCUT2D eigenvalue weighted by atomic mass is 16.6. The summed E-state index contributed by atoms with van der Waals surface area (Å²) >= 11 is 0. The predicted molar refractivity (Wildman–Crippen MR) is 95.6 cm³/mol. The third-order valence-corrected chi connectivity index (χ3v) is 3.89. The van der Waals surface area contributed by atoms with Gasteiger partial charge in [-0.1, -0.05) is 24.6 Å². The smallest absolute Gasteiger partial charge is 0.344 e. The number of benzene rings is 1. The Morgan fingerprint density at radius 3 is 2.19 bits per heavy atom. The average molecular weight is 377 g/mol. The van der Waals surface area contributed by atoms with Gasteiger partial charge in [0.15, 0.2) is 0 Å². The summed E-state index contributed by atoms with van der Waals surface area (Å²) in [5.41, 5.74) is 0. The molecule has 0 atom stereocenters. The van der Waals surface area contributed by atoms with E-state index in [-0.39, 0.29) is 0 Å². The van der Waals surface area contributed by atoms with Crippen LogP contribution < -0.4 is 4.74 Å². The van der Waals surface area contributed by atoms with Crippen molar-refractivity contribution in [3.8, 4) is 11.7 Å². The Hall–Kier alpha value is -2.84. The third kappa shape index (κ3) is 7.12. The number of ether oxygens (including phenoxy) is 1. The first-order valence-corrected chi connectivity index (χ1v) is 8.63. The van der Waals surface area contributed by atoms with Gasteiger partial charge in [0, 0.05) is 6.07 Å². The minimum absolute atomic E-state index is 0.568. The summed E-state index contributed by atoms with van der Waals surface area (Å²) in [5.74, 6) is -1.15. The Morgan fingerprint density at radius 1 is 1.00 bits per heavy atom. The van der Waals surface area contributed by atoms with Gasteiger partial charge >= 0.3 is 11.9 Å². The van der Waals surface area contributed by atoms with Gasteiger partial charge in [0.05, 0.1) is 6.54 Å². The molecular weight excluding hydrogens is 354 g/mol. The third-order valence-electron chi connectivity index (χ3n) is 3.89. The van der Waals surface area contributed by atoms with Crippen molar-refractivity contribution in [2.45, 2.75) is 31.9 Å². The van der Waals surface area contributed by atoms with E-state index in [2.05, 4.69) is 4.90 Å². The molecule has 8 nitrogen and oxygen atoms in total. The van der Waals surface area contributed by atoms with E-state index in [1.165, 1.54) is 32.4 Å². The Labute approximate surface area is 156 Å². The summed E-state index contributed by atoms with van der Waals surface area (Å²) in [4.78, 5) is 21.5. The molecule has 0 saturated carbocycles. The number of aliphatic carboxylic acids is 2. The van der Waals surface area contributed by atoms with E-state index in [0.717, 1.165) is 18.1 Å². The molecule has 1 fully saturated rings. The summed E-state index contributed by atoms with van der Waals surface area (Å²) in [6, 6.07) is 13.6. The number of rotatable bonds is 6. The summed E-state index contributed by atoms with van der Waals surface area (Å²) in [6.07, 6.45) is 1.66. The van der Waals surface area contributed by atoms with E-state index in [4.69, 9.17) is 24.5 Å². The number of hydrogen-bond acceptors (Lipinski definition) is 6. The lowest BCUT2D eigenvalue weighted by Crippen LogP contribution is -2.28. The summed E-state index contributed by atoms with van der Waals surface area (Å²) < 4.78 is 11.4. The average Bonchev–Trinajstić information content (AvgIpc) is 3.10. The maximum atomic E-state index is 9.51. The van der Waals surface area contributed by atoms with E-state index >= 15 is 0 Å². The fourth-order valence-corrected chi connectivity index (χ4v) is 2.55. The monoisotopic (exact) mass is 377 g/mol. The second kappa shape index (κ2) is 10.3. The maximum Gasteiger partial charge on any atom is 0.344 e. The van der Waals surface area contributed by atoms with E-state index in [9.17, 15) is 9.59 Å². The van der Waals surface area contributed by atoms with Gasteiger partial charge in [0.1, 0.15) is 11.5 Å². The summed E-state index contributed by atoms with van der Waals surface area (Å²) in [5, 5.41) is 23.4. The molecule has 146 valence electrons. The molecule has 3 N–H and O–H groups in total. The number of carboxylic acid groups (broad SMARTS) is 2. The maximum absolute atomic E-state index is 9.51. The zero-order valence-corrected chi connectivity index (χ0v) is 14.8. The van der Waals surface area contributed by atoms with Crippen molar-refractivity contribution in [1.82, 2.24) is 4.90 Å². The molecule has 27 heavy (non-hydrogen) atoms. The van der Waals surface area contributed by atoms with Crippen molar-refractivity contribution in [2.24, 2.45) is 0 Å². The van der Waals surface area contributed by atoms with Gasteiger partial charge in [0.2, 0.25) is 6.10 Å². The van der Waals surface area contributed by atoms with Gasteiger partial charge in [-0.3, -0.25) is 4.90 Å². The fourth-order valence-electron chi connectivity index (χ4n) is 2.55. The highest BCUT2D eigenvalue weighted by Crippen LogP contribution is 2.24. The molecule has 0 unspecified atom stereocenters. The van der Waals surface area contributed by atoms with Crippen LogP contribution in [0, 0.1) is 0 Å². The zero-order chi connectivity index (χ0) is 19.6. The molecule has 0 bridgehead atoms. The largest absolute Gasteiger partial charge is 0.479 e. The van der Waals surface area contributed by atoms with Crippen LogP contribution in [0.5, 0.6) is 11.7 Å². The minimum Gasteiger partial charge on any atom is -0.479 e. The van der Waals surface area contributed by atoms with Crippen molar-refractivity contribution >= 4 is 11.9 Å². The molecule has 3 rings (SSSR count). The van der Waals surface area contributed by atoms with E-state index in [1.54, 1.807) is 0 Å². The fraction of sp³-hybridized carbons (Fsp3) is 0.368. The quantitative estimate of drug-likeness (QED) is 0.657. The molecule has 1 saturated heterocycles. The van der Waals surface area contributed by atoms with Gasteiger partial charge in [0.25, 0.3) is 5.95 Å². The molecule has 0 spiro atoms. The van der Waals surface area contributed by atoms with Gasteiger partial charge in [-0.05, 0) is 44.1 Å². The Kier molecular flexibility index (Phi) is 7.84. The van der Waals surface area contributed by atoms with Gasteiger partial charge in [-0.25, -0.2) is 9.59 Å². The van der Waals surface area contributed by atoms with Gasteiger partial charge in [-0.2, -0.15) is 0 Å². The Morgan fingerprint density at radius 2 is 1.63 bits per heavy atom. The van der Waals surface area contributed by atoms with Crippen molar-refractivity contribution in [3.63, 3.8) is 0 Å². The Balaban J connectivity index is 0.000000279. The topological polar surface area (TPSA) is 120 Å².